The Morgan fingerprint density at radius 1 is 1.36 bits per heavy atom. The van der Waals surface area contributed by atoms with Gasteiger partial charge in [-0.25, -0.2) is 4.98 Å². The Labute approximate surface area is 168 Å². The van der Waals surface area contributed by atoms with Crippen LogP contribution in [0.4, 0.5) is 13.2 Å². The molecule has 0 aromatic carbocycles. The van der Waals surface area contributed by atoms with E-state index in [1.54, 1.807) is 0 Å². The zero-order valence-corrected chi connectivity index (χ0v) is 17.9. The molecule has 0 amide bonds. The van der Waals surface area contributed by atoms with E-state index in [-0.39, 0.29) is 24.0 Å². The summed E-state index contributed by atoms with van der Waals surface area (Å²) < 4.78 is 37.7. The van der Waals surface area contributed by atoms with Crippen LogP contribution in [-0.4, -0.2) is 42.0 Å². The maximum atomic E-state index is 12.6. The van der Waals surface area contributed by atoms with Crippen molar-refractivity contribution < 1.29 is 13.2 Å². The van der Waals surface area contributed by atoms with Crippen molar-refractivity contribution in [3.8, 4) is 0 Å². The van der Waals surface area contributed by atoms with E-state index in [2.05, 4.69) is 34.0 Å². The van der Waals surface area contributed by atoms with Crippen LogP contribution in [0.2, 0.25) is 0 Å². The molecule has 1 aliphatic rings. The van der Waals surface area contributed by atoms with E-state index in [0.29, 0.717) is 29.8 Å². The van der Waals surface area contributed by atoms with Gasteiger partial charge in [-0.05, 0) is 25.2 Å². The van der Waals surface area contributed by atoms with Crippen molar-refractivity contribution in [2.24, 2.45) is 16.8 Å². The summed E-state index contributed by atoms with van der Waals surface area (Å²) in [4.78, 5) is 10.5. The monoisotopic (exact) mass is 490 g/mol. The Morgan fingerprint density at radius 3 is 2.52 bits per heavy atom. The fourth-order valence-electron chi connectivity index (χ4n) is 3.08. The van der Waals surface area contributed by atoms with Crippen LogP contribution in [0.25, 0.3) is 0 Å². The van der Waals surface area contributed by atoms with Crippen molar-refractivity contribution >= 4 is 41.3 Å². The number of hydrogen-bond donors (Lipinski definition) is 1. The van der Waals surface area contributed by atoms with Gasteiger partial charge in [0.05, 0.1) is 5.01 Å². The Balaban J connectivity index is 0.00000312. The first-order valence-electron chi connectivity index (χ1n) is 8.34. The first kappa shape index (κ1) is 22.5. The molecule has 0 spiro atoms. The normalized spacial score (nSPS) is 21.8. The zero-order valence-electron chi connectivity index (χ0n) is 14.8. The van der Waals surface area contributed by atoms with Crippen molar-refractivity contribution in [2.75, 3.05) is 26.2 Å². The first-order chi connectivity index (χ1) is 11.3. The fraction of sp³-hybridized carbons (Fsp3) is 0.750. The number of aliphatic imine (C=N–C) groups is 1. The number of rotatable bonds is 4. The average molecular weight is 490 g/mol. The van der Waals surface area contributed by atoms with Gasteiger partial charge < -0.3 is 10.2 Å². The summed E-state index contributed by atoms with van der Waals surface area (Å²) in [5, 5.41) is 4.83. The standard InChI is InChI=1S/C16H25F3N4S.HI/c1-4-20-15(23-8-11(2)7-12(3)9-23)21-6-5-14-22-13(10-24-14)16(17,18)19;/h10-12H,4-9H2,1-3H3,(H,20,21);1H. The molecule has 1 aromatic rings. The van der Waals surface area contributed by atoms with E-state index in [1.807, 2.05) is 6.92 Å². The van der Waals surface area contributed by atoms with Gasteiger partial charge in [0.25, 0.3) is 0 Å². The Bertz CT molecular complexity index is 552. The summed E-state index contributed by atoms with van der Waals surface area (Å²) in [5.74, 6) is 2.08. The smallest absolute Gasteiger partial charge is 0.357 e. The van der Waals surface area contributed by atoms with Crippen molar-refractivity contribution in [1.82, 2.24) is 15.2 Å². The molecule has 1 saturated heterocycles. The van der Waals surface area contributed by atoms with Crippen LogP contribution >= 0.6 is 35.3 Å². The van der Waals surface area contributed by atoms with E-state index in [4.69, 9.17) is 0 Å². The third kappa shape index (κ3) is 6.92. The van der Waals surface area contributed by atoms with Crippen molar-refractivity contribution in [1.29, 1.82) is 0 Å². The van der Waals surface area contributed by atoms with Crippen molar-refractivity contribution in [3.63, 3.8) is 0 Å². The molecule has 2 heterocycles. The fourth-order valence-corrected chi connectivity index (χ4v) is 3.87. The van der Waals surface area contributed by atoms with E-state index in [9.17, 15) is 13.2 Å². The van der Waals surface area contributed by atoms with Crippen LogP contribution < -0.4 is 5.32 Å². The number of nitrogens with zero attached hydrogens (tertiary/aromatic N) is 3. The molecule has 1 aliphatic heterocycles. The summed E-state index contributed by atoms with van der Waals surface area (Å²) in [6, 6.07) is 0. The largest absolute Gasteiger partial charge is 0.434 e. The predicted octanol–water partition coefficient (Wildman–Crippen LogP) is 4.27. The number of alkyl halides is 3. The quantitative estimate of drug-likeness (QED) is 0.390. The third-order valence-corrected chi connectivity index (χ3v) is 4.84. The van der Waals surface area contributed by atoms with Gasteiger partial charge in [-0.1, -0.05) is 13.8 Å². The van der Waals surface area contributed by atoms with Crippen molar-refractivity contribution in [3.05, 3.63) is 16.1 Å². The number of hydrogen-bond acceptors (Lipinski definition) is 3. The van der Waals surface area contributed by atoms with Crippen LogP contribution in [0.15, 0.2) is 10.4 Å². The molecule has 2 atom stereocenters. The van der Waals surface area contributed by atoms with Gasteiger partial charge >= 0.3 is 6.18 Å². The third-order valence-electron chi connectivity index (χ3n) is 3.93. The number of likely N-dealkylation sites (tertiary alicyclic amines) is 1. The summed E-state index contributed by atoms with van der Waals surface area (Å²) in [5.41, 5.74) is -0.808. The van der Waals surface area contributed by atoms with Crippen LogP contribution in [0.3, 0.4) is 0 Å². The topological polar surface area (TPSA) is 40.5 Å². The highest BCUT2D eigenvalue weighted by molar-refractivity contribution is 14.0. The summed E-state index contributed by atoms with van der Waals surface area (Å²) in [7, 11) is 0. The van der Waals surface area contributed by atoms with Crippen LogP contribution in [0.5, 0.6) is 0 Å². The zero-order chi connectivity index (χ0) is 17.7. The summed E-state index contributed by atoms with van der Waals surface area (Å²) in [6.45, 7) is 9.63. The number of thiazole rings is 1. The van der Waals surface area contributed by atoms with Gasteiger partial charge in [0.2, 0.25) is 0 Å². The molecule has 1 N–H and O–H groups in total. The van der Waals surface area contributed by atoms with Gasteiger partial charge in [-0.15, -0.1) is 35.3 Å². The number of guanidine groups is 1. The lowest BCUT2D eigenvalue weighted by atomic mass is 9.92. The summed E-state index contributed by atoms with van der Waals surface area (Å²) in [6.07, 6.45) is -2.73. The number of piperidine rings is 1. The Morgan fingerprint density at radius 2 is 2.00 bits per heavy atom. The molecule has 0 bridgehead atoms. The number of nitrogens with one attached hydrogen (secondary N) is 1. The molecule has 144 valence electrons. The van der Waals surface area contributed by atoms with Crippen LogP contribution in [0, 0.1) is 11.8 Å². The predicted molar refractivity (Wildman–Crippen MR) is 107 cm³/mol. The lowest BCUT2D eigenvalue weighted by Gasteiger charge is -2.37. The minimum atomic E-state index is -4.37. The minimum Gasteiger partial charge on any atom is -0.357 e. The maximum Gasteiger partial charge on any atom is 0.434 e. The van der Waals surface area contributed by atoms with Gasteiger partial charge in [0.15, 0.2) is 11.7 Å². The van der Waals surface area contributed by atoms with Gasteiger partial charge in [0.1, 0.15) is 0 Å². The molecule has 2 unspecified atom stereocenters. The molecular weight excluding hydrogens is 464 g/mol. The molecular formula is C16H26F3IN4S. The lowest BCUT2D eigenvalue weighted by molar-refractivity contribution is -0.140. The molecule has 1 aromatic heterocycles. The number of aromatic nitrogens is 1. The molecule has 0 aliphatic carbocycles. The van der Waals surface area contributed by atoms with Crippen LogP contribution in [0.1, 0.15) is 37.9 Å². The van der Waals surface area contributed by atoms with Crippen LogP contribution in [-0.2, 0) is 12.6 Å². The highest BCUT2D eigenvalue weighted by Gasteiger charge is 2.33. The SMILES string of the molecule is CCNC(=NCCc1nc(C(F)(F)F)cs1)N1CC(C)CC(C)C1.I. The Hall–Kier alpha value is -0.580. The van der Waals surface area contributed by atoms with E-state index in [0.717, 1.165) is 42.3 Å². The Kier molecular flexibility index (Phi) is 8.93. The van der Waals surface area contributed by atoms with Crippen molar-refractivity contribution in [2.45, 2.75) is 39.8 Å². The number of halogens is 4. The molecule has 25 heavy (non-hydrogen) atoms. The maximum absolute atomic E-state index is 12.6. The second kappa shape index (κ2) is 9.94. The molecule has 0 saturated carbocycles. The highest BCUT2D eigenvalue weighted by atomic mass is 127. The van der Waals surface area contributed by atoms with E-state index < -0.39 is 11.9 Å². The average Bonchev–Trinajstić information content (AvgIpc) is 2.94. The first-order valence-corrected chi connectivity index (χ1v) is 9.22. The second-order valence-electron chi connectivity index (χ2n) is 6.46. The second-order valence-corrected chi connectivity index (χ2v) is 7.40. The van der Waals surface area contributed by atoms with Gasteiger partial charge in [-0.2, -0.15) is 13.2 Å². The lowest BCUT2D eigenvalue weighted by Crippen LogP contribution is -2.48. The summed E-state index contributed by atoms with van der Waals surface area (Å²) >= 11 is 1.04. The molecule has 1 fully saturated rings. The molecule has 9 heteroatoms. The highest BCUT2D eigenvalue weighted by Crippen LogP contribution is 2.30. The molecule has 4 nitrogen and oxygen atoms in total. The van der Waals surface area contributed by atoms with E-state index >= 15 is 0 Å². The molecule has 0 radical (unpaired) electrons. The van der Waals surface area contributed by atoms with Gasteiger partial charge in [0, 0.05) is 38.0 Å². The van der Waals surface area contributed by atoms with Gasteiger partial charge in [-0.3, -0.25) is 4.99 Å². The van der Waals surface area contributed by atoms with E-state index in [1.165, 1.54) is 6.42 Å². The molecule has 2 rings (SSSR count). The minimum absolute atomic E-state index is 0.